The number of aromatic nitrogens is 1. The number of thiol groups is 2. The lowest BCUT2D eigenvalue weighted by molar-refractivity contribution is -0.143. The van der Waals surface area contributed by atoms with Crippen LogP contribution in [-0.4, -0.2) is 147 Å². The topological polar surface area (TPSA) is 411 Å². The number of aliphatic carboxylic acids is 1. The predicted octanol–water partition coefficient (Wildman–Crippen LogP) is -3.61. The summed E-state index contributed by atoms with van der Waals surface area (Å²) in [5.41, 5.74) is 23.3. The molecule has 0 aliphatic carbocycles. The minimum atomic E-state index is -1.71. The third-order valence-corrected chi connectivity index (χ3v) is 11.1. The summed E-state index contributed by atoms with van der Waals surface area (Å²) in [6, 6.07) is -4.13. The van der Waals surface area contributed by atoms with Crippen molar-refractivity contribution in [1.82, 2.24) is 42.2 Å². The van der Waals surface area contributed by atoms with E-state index < -0.39 is 114 Å². The first-order valence-corrected chi connectivity index (χ1v) is 23.1. The number of para-hydroxylation sites is 1. The molecule has 0 aliphatic heterocycles. The van der Waals surface area contributed by atoms with Crippen molar-refractivity contribution in [3.8, 4) is 0 Å². The fourth-order valence-corrected chi connectivity index (χ4v) is 7.09. The van der Waals surface area contributed by atoms with Crippen molar-refractivity contribution in [3.63, 3.8) is 0 Å². The Morgan fingerprint density at radius 2 is 1.18 bits per heavy atom. The van der Waals surface area contributed by atoms with Crippen LogP contribution in [0.15, 0.2) is 35.5 Å². The van der Waals surface area contributed by atoms with E-state index in [2.05, 4.69) is 72.5 Å². The summed E-state index contributed by atoms with van der Waals surface area (Å²) in [5, 5.41) is 38.2. The van der Waals surface area contributed by atoms with Gasteiger partial charge >= 0.3 is 5.97 Å². The highest BCUT2D eigenvalue weighted by Crippen LogP contribution is 2.20. The van der Waals surface area contributed by atoms with Gasteiger partial charge in [-0.15, -0.1) is 0 Å². The number of carbonyl (C=O) groups excluding carboxylic acids is 8. The van der Waals surface area contributed by atoms with Crippen molar-refractivity contribution in [2.45, 2.75) is 121 Å². The van der Waals surface area contributed by atoms with E-state index in [4.69, 9.17) is 22.9 Å². The van der Waals surface area contributed by atoms with E-state index in [1.165, 1.54) is 6.92 Å². The van der Waals surface area contributed by atoms with Gasteiger partial charge in [0.05, 0.1) is 18.6 Å². The number of fused-ring (bicyclic) bond motifs is 1. The number of aliphatic hydroxyl groups excluding tert-OH is 1. The molecule has 0 saturated heterocycles. The number of guanidine groups is 1. The Hall–Kier alpha value is -6.12. The van der Waals surface area contributed by atoms with Crippen LogP contribution in [0.2, 0.25) is 0 Å². The van der Waals surface area contributed by atoms with E-state index in [-0.39, 0.29) is 61.5 Å². The van der Waals surface area contributed by atoms with Gasteiger partial charge in [-0.25, -0.2) is 4.79 Å². The Morgan fingerprint density at radius 3 is 1.72 bits per heavy atom. The van der Waals surface area contributed by atoms with Crippen molar-refractivity contribution in [2.24, 2.45) is 39.8 Å². The van der Waals surface area contributed by atoms with Gasteiger partial charge in [-0.05, 0) is 49.7 Å². The van der Waals surface area contributed by atoms with Crippen molar-refractivity contribution >= 4 is 95.3 Å². The largest absolute Gasteiger partial charge is 0.480 e. The molecule has 24 nitrogen and oxygen atoms in total. The summed E-state index contributed by atoms with van der Waals surface area (Å²) < 4.78 is 0. The molecule has 18 N–H and O–H groups in total. The Labute approximate surface area is 404 Å². The molecule has 0 bridgehead atoms. The zero-order valence-corrected chi connectivity index (χ0v) is 40.4. The number of aliphatic hydroxyl groups is 1. The Kier molecular flexibility index (Phi) is 24.1. The second kappa shape index (κ2) is 28.3. The fraction of sp³-hybridized carbons (Fsp3) is 0.571. The molecule has 0 radical (unpaired) electrons. The number of H-pyrrole nitrogens is 1. The number of nitrogens with one attached hydrogen (secondary N) is 8. The number of hydrogen-bond donors (Lipinski definition) is 16. The quantitative estimate of drug-likeness (QED) is 0.0162. The molecule has 2 rings (SSSR count). The first-order chi connectivity index (χ1) is 31.9. The summed E-state index contributed by atoms with van der Waals surface area (Å²) in [5.74, 6) is -10.0. The molecule has 2 aromatic rings. The van der Waals surface area contributed by atoms with Crippen molar-refractivity contribution in [1.29, 1.82) is 0 Å². The summed E-state index contributed by atoms with van der Waals surface area (Å²) in [4.78, 5) is 126. The maximum absolute atomic E-state index is 14.3. The number of benzene rings is 1. The molecule has 1 aromatic carbocycles. The summed E-state index contributed by atoms with van der Waals surface area (Å²) >= 11 is 8.30. The van der Waals surface area contributed by atoms with Crippen LogP contribution in [0.5, 0.6) is 0 Å². The number of aromatic amines is 1. The molecular weight excluding hydrogens is 927 g/mol. The normalized spacial score (nSPS) is 15.2. The van der Waals surface area contributed by atoms with E-state index in [0.29, 0.717) is 16.5 Å². The first-order valence-electron chi connectivity index (χ1n) is 21.8. The lowest BCUT2D eigenvalue weighted by atomic mass is 10.00. The van der Waals surface area contributed by atoms with Crippen molar-refractivity contribution in [3.05, 3.63) is 36.0 Å². The Bertz CT molecular complexity index is 2120. The summed E-state index contributed by atoms with van der Waals surface area (Å²) in [6.45, 7) is 8.19. The number of rotatable bonds is 29. The number of carboxylic acid groups (broad SMARTS) is 1. The predicted molar refractivity (Wildman–Crippen MR) is 259 cm³/mol. The first kappa shape index (κ1) is 58.0. The van der Waals surface area contributed by atoms with Gasteiger partial charge in [-0.3, -0.25) is 43.3 Å². The number of primary amides is 1. The smallest absolute Gasteiger partial charge is 0.326 e. The monoisotopic (exact) mass is 993 g/mol. The van der Waals surface area contributed by atoms with Crippen molar-refractivity contribution < 1.29 is 53.4 Å². The average molecular weight is 994 g/mol. The average Bonchev–Trinajstić information content (AvgIpc) is 3.67. The van der Waals surface area contributed by atoms with Crippen LogP contribution in [0.1, 0.15) is 65.9 Å². The molecule has 378 valence electrons. The molecule has 68 heavy (non-hydrogen) atoms. The van der Waals surface area contributed by atoms with Gasteiger partial charge in [0, 0.05) is 41.6 Å². The molecule has 0 spiro atoms. The summed E-state index contributed by atoms with van der Waals surface area (Å²) in [6.07, 6.45) is -0.771. The molecule has 0 saturated carbocycles. The highest BCUT2D eigenvalue weighted by Gasteiger charge is 2.36. The van der Waals surface area contributed by atoms with Gasteiger partial charge in [0.25, 0.3) is 0 Å². The molecule has 8 amide bonds. The van der Waals surface area contributed by atoms with Gasteiger partial charge in [0.2, 0.25) is 47.3 Å². The molecular formula is C42H67N13O11S2. The molecule has 0 unspecified atom stereocenters. The third-order valence-electron chi connectivity index (χ3n) is 10.4. The van der Waals surface area contributed by atoms with E-state index in [9.17, 15) is 53.4 Å². The molecule has 0 fully saturated rings. The zero-order valence-electron chi connectivity index (χ0n) is 38.6. The van der Waals surface area contributed by atoms with E-state index in [0.717, 1.165) is 0 Å². The van der Waals surface area contributed by atoms with Gasteiger partial charge in [-0.2, -0.15) is 25.3 Å². The minimum absolute atomic E-state index is 0.00936. The van der Waals surface area contributed by atoms with Crippen LogP contribution in [0.25, 0.3) is 10.9 Å². The molecule has 1 aromatic heterocycles. The summed E-state index contributed by atoms with van der Waals surface area (Å²) in [7, 11) is 0. The van der Waals surface area contributed by atoms with E-state index in [1.807, 2.05) is 0 Å². The Morgan fingerprint density at radius 1 is 0.676 bits per heavy atom. The minimum Gasteiger partial charge on any atom is -0.480 e. The number of carbonyl (C=O) groups is 9. The van der Waals surface area contributed by atoms with Crippen LogP contribution in [0.3, 0.4) is 0 Å². The van der Waals surface area contributed by atoms with Crippen LogP contribution < -0.4 is 60.2 Å². The highest BCUT2D eigenvalue weighted by atomic mass is 32.1. The molecule has 1 heterocycles. The second-order valence-electron chi connectivity index (χ2n) is 16.9. The van der Waals surface area contributed by atoms with Gasteiger partial charge in [0.15, 0.2) is 5.96 Å². The van der Waals surface area contributed by atoms with Gasteiger partial charge in [-0.1, -0.05) is 45.9 Å². The van der Waals surface area contributed by atoms with E-state index in [1.54, 1.807) is 58.2 Å². The SMILES string of the molecule is CC(C)C[C@H](NC(=O)[C@H](CCCN=C(N)N)NC(=O)[C@@H](NC(=O)[C@H](CS)NC(=O)[C@@H](N)C(C)C)[C@@H](C)O)C(=O)N[C@@H](Cc1c[nH]c2ccccc12)C(=O)N[C@@H](CS)C(=O)N[C@@H](CC(N)=O)C(=O)O. The second-order valence-corrected chi connectivity index (χ2v) is 17.6. The van der Waals surface area contributed by atoms with E-state index >= 15 is 0 Å². The van der Waals surface area contributed by atoms with Gasteiger partial charge < -0.3 is 75.3 Å². The highest BCUT2D eigenvalue weighted by molar-refractivity contribution is 7.80. The molecule has 9 atom stereocenters. The lowest BCUT2D eigenvalue weighted by Crippen LogP contribution is -2.62. The van der Waals surface area contributed by atoms with Gasteiger partial charge in [0.1, 0.15) is 42.3 Å². The lowest BCUT2D eigenvalue weighted by Gasteiger charge is -2.29. The Balaban J connectivity index is 2.47. The van der Waals surface area contributed by atoms with Crippen molar-refractivity contribution in [2.75, 3.05) is 18.1 Å². The van der Waals surface area contributed by atoms with Crippen LogP contribution in [0, 0.1) is 11.8 Å². The fourth-order valence-electron chi connectivity index (χ4n) is 6.57. The van der Waals surface area contributed by atoms with Crippen LogP contribution in [0.4, 0.5) is 0 Å². The third kappa shape index (κ3) is 18.9. The zero-order chi connectivity index (χ0) is 51.4. The number of nitrogens with two attached hydrogens (primary N) is 4. The molecule has 0 aliphatic rings. The van der Waals surface area contributed by atoms with Crippen LogP contribution >= 0.6 is 25.3 Å². The maximum Gasteiger partial charge on any atom is 0.326 e. The number of nitrogens with zero attached hydrogens (tertiary/aromatic N) is 1. The number of hydrogen-bond acceptors (Lipinski definition) is 14. The number of aliphatic imine (C=N–C) groups is 1. The number of carboxylic acids is 1. The van der Waals surface area contributed by atoms with Crippen LogP contribution in [-0.2, 0) is 49.6 Å². The maximum atomic E-state index is 14.3. The number of amides is 8. The molecule has 26 heteroatoms. The standard InChI is InChI=1S/C42H67N13O11S2/c1-19(2)13-26(50-34(58)25(11-8-12-47-42(45)46)49-40(64)33(21(5)56)55-38(62)30(18-68)54-39(63)32(44)20(3)4)35(59)51-27(14-22-16-48-24-10-7-6-9-23(22)24)36(60)53-29(17-67)37(61)52-28(41(65)66)15-31(43)57/h6-7,9-10,16,19-21,25-30,32-33,48,56,67-68H,8,11-15,17-18,44H2,1-5H3,(H2,43,57)(H,49,64)(H,50,58)(H,51,59)(H,52,61)(H,53,60)(H,54,63)(H,55,62)(H,65,66)(H4,45,46,47)/t21-,25+,26+,27+,28+,29+,30+,32+,33+/m1/s1.